The summed E-state index contributed by atoms with van der Waals surface area (Å²) in [5.41, 5.74) is 3.68. The summed E-state index contributed by atoms with van der Waals surface area (Å²) in [6.45, 7) is 2.16. The molecule has 0 aliphatic carbocycles. The van der Waals surface area contributed by atoms with Crippen molar-refractivity contribution in [3.8, 4) is 0 Å². The summed E-state index contributed by atoms with van der Waals surface area (Å²) in [6, 6.07) is 15.4. The second-order valence-electron chi connectivity index (χ2n) is 4.47. The van der Waals surface area contributed by atoms with Crippen molar-refractivity contribution in [1.82, 2.24) is 0 Å². The van der Waals surface area contributed by atoms with Crippen molar-refractivity contribution in [3.63, 3.8) is 0 Å². The third-order valence-corrected chi connectivity index (χ3v) is 3.06. The van der Waals surface area contributed by atoms with E-state index in [2.05, 4.69) is 38.5 Å². The third kappa shape index (κ3) is 3.73. The van der Waals surface area contributed by atoms with E-state index in [-0.39, 0.29) is 5.82 Å². The minimum atomic E-state index is -0.170. The average Bonchev–Trinajstić information content (AvgIpc) is 2.39. The molecule has 0 nitrogen and oxygen atoms in total. The molecule has 0 aliphatic heterocycles. The molecule has 0 saturated carbocycles. The molecule has 0 spiro atoms. The number of halogens is 1. The summed E-state index contributed by atoms with van der Waals surface area (Å²) < 4.78 is 13.0. The van der Waals surface area contributed by atoms with Crippen molar-refractivity contribution in [2.75, 3.05) is 0 Å². The lowest BCUT2D eigenvalue weighted by Gasteiger charge is -2.03. The van der Waals surface area contributed by atoms with Crippen LogP contribution in [0.4, 0.5) is 4.39 Å². The van der Waals surface area contributed by atoms with Gasteiger partial charge in [0.2, 0.25) is 0 Å². The van der Waals surface area contributed by atoms with E-state index in [1.165, 1.54) is 17.2 Å². The summed E-state index contributed by atoms with van der Waals surface area (Å²) in [4.78, 5) is 0. The van der Waals surface area contributed by atoms with E-state index in [4.69, 9.17) is 0 Å². The van der Waals surface area contributed by atoms with Crippen molar-refractivity contribution in [1.29, 1.82) is 0 Å². The number of benzene rings is 2. The molecule has 0 aromatic heterocycles. The molecule has 1 radical (unpaired) electrons. The van der Waals surface area contributed by atoms with E-state index >= 15 is 0 Å². The van der Waals surface area contributed by atoms with Gasteiger partial charge in [-0.2, -0.15) is 0 Å². The van der Waals surface area contributed by atoms with E-state index < -0.39 is 0 Å². The van der Waals surface area contributed by atoms with Gasteiger partial charge in [0.05, 0.1) is 0 Å². The molecule has 91 valence electrons. The van der Waals surface area contributed by atoms with Gasteiger partial charge in [0, 0.05) is 0 Å². The largest absolute Gasteiger partial charge is 0.207 e. The van der Waals surface area contributed by atoms with Crippen LogP contribution in [0.1, 0.15) is 18.1 Å². The highest BCUT2D eigenvalue weighted by atomic mass is 19.1. The summed E-state index contributed by atoms with van der Waals surface area (Å²) in [6.07, 6.45) is 3.02. The molecule has 2 aromatic carbocycles. The van der Waals surface area contributed by atoms with Crippen molar-refractivity contribution < 1.29 is 4.39 Å². The van der Waals surface area contributed by atoms with E-state index in [1.807, 2.05) is 6.07 Å². The zero-order chi connectivity index (χ0) is 12.8. The topological polar surface area (TPSA) is 0 Å². The fourth-order valence-electron chi connectivity index (χ4n) is 2.04. The van der Waals surface area contributed by atoms with E-state index in [9.17, 15) is 4.39 Å². The van der Waals surface area contributed by atoms with Crippen LogP contribution in [0.15, 0.2) is 48.5 Å². The van der Waals surface area contributed by atoms with E-state index in [0.717, 1.165) is 24.6 Å². The Balaban J connectivity index is 1.88. The maximum absolute atomic E-state index is 13.0. The lowest BCUT2D eigenvalue weighted by atomic mass is 9.66. The average molecular weight is 239 g/mol. The van der Waals surface area contributed by atoms with Crippen molar-refractivity contribution in [2.24, 2.45) is 0 Å². The van der Waals surface area contributed by atoms with Crippen molar-refractivity contribution in [2.45, 2.75) is 26.1 Å². The Kier molecular flexibility index (Phi) is 4.57. The maximum atomic E-state index is 13.0. The first-order valence-corrected chi connectivity index (χ1v) is 6.44. The highest BCUT2D eigenvalue weighted by molar-refractivity contribution is 6.53. The smallest absolute Gasteiger partial charge is 0.152 e. The minimum absolute atomic E-state index is 0.170. The van der Waals surface area contributed by atoms with Gasteiger partial charge in [-0.05, 0) is 36.1 Å². The first-order valence-electron chi connectivity index (χ1n) is 6.44. The first kappa shape index (κ1) is 12.9. The summed E-state index contributed by atoms with van der Waals surface area (Å²) in [5.74, 6) is -0.170. The van der Waals surface area contributed by atoms with Crippen LogP contribution in [0, 0.1) is 5.82 Å². The van der Waals surface area contributed by atoms with Gasteiger partial charge in [-0.15, -0.1) is 0 Å². The van der Waals surface area contributed by atoms with Gasteiger partial charge in [-0.3, -0.25) is 0 Å². The maximum Gasteiger partial charge on any atom is 0.152 e. The van der Waals surface area contributed by atoms with Crippen LogP contribution >= 0.6 is 0 Å². The van der Waals surface area contributed by atoms with Crippen LogP contribution in [0.5, 0.6) is 0 Å². The normalized spacial score (nSPS) is 10.3. The second kappa shape index (κ2) is 6.39. The molecule has 0 heterocycles. The van der Waals surface area contributed by atoms with Crippen LogP contribution < -0.4 is 5.46 Å². The van der Waals surface area contributed by atoms with Gasteiger partial charge in [0.15, 0.2) is 7.28 Å². The number of aryl methyl sites for hydroxylation is 2. The third-order valence-electron chi connectivity index (χ3n) is 3.06. The summed E-state index contributed by atoms with van der Waals surface area (Å²) in [7, 11) is 2.09. The molecule has 18 heavy (non-hydrogen) atoms. The Bertz CT molecular complexity index is 508. The Morgan fingerprint density at radius 3 is 2.56 bits per heavy atom. The molecule has 0 saturated heterocycles. The Labute approximate surface area is 109 Å². The molecule has 0 bridgehead atoms. The van der Waals surface area contributed by atoms with E-state index in [0.29, 0.717) is 0 Å². The predicted octanol–water partition coefficient (Wildman–Crippen LogP) is 3.38. The standard InChI is InChI=1S/C16H17BF/c1-2-13-5-3-6-14(11-13)9-10-17-15-7-4-8-16(18)12-15/h3-8,11-12H,2,9-10H2,1H3. The number of hydrogen-bond acceptors (Lipinski definition) is 0. The summed E-state index contributed by atoms with van der Waals surface area (Å²) in [5, 5.41) is 0. The van der Waals surface area contributed by atoms with Crippen LogP contribution in [-0.2, 0) is 12.8 Å². The van der Waals surface area contributed by atoms with Crippen LogP contribution in [-0.4, -0.2) is 7.28 Å². The molecule has 2 aromatic rings. The molecular formula is C16H17BF. The Hall–Kier alpha value is -1.57. The zero-order valence-electron chi connectivity index (χ0n) is 10.7. The monoisotopic (exact) mass is 239 g/mol. The van der Waals surface area contributed by atoms with Gasteiger partial charge in [-0.1, -0.05) is 55.1 Å². The quantitative estimate of drug-likeness (QED) is 0.701. The molecule has 0 fully saturated rings. The molecule has 0 atom stereocenters. The highest BCUT2D eigenvalue weighted by Crippen LogP contribution is 2.08. The first-order chi connectivity index (χ1) is 8.78. The molecule has 0 unspecified atom stereocenters. The minimum Gasteiger partial charge on any atom is -0.207 e. The van der Waals surface area contributed by atoms with Gasteiger partial charge >= 0.3 is 0 Å². The van der Waals surface area contributed by atoms with Crippen LogP contribution in [0.25, 0.3) is 0 Å². The van der Waals surface area contributed by atoms with Crippen molar-refractivity contribution in [3.05, 3.63) is 65.5 Å². The lowest BCUT2D eigenvalue weighted by molar-refractivity contribution is 0.629. The second-order valence-corrected chi connectivity index (χ2v) is 4.47. The molecule has 2 rings (SSSR count). The van der Waals surface area contributed by atoms with E-state index in [1.54, 1.807) is 12.1 Å². The fourth-order valence-corrected chi connectivity index (χ4v) is 2.04. The molecular weight excluding hydrogens is 222 g/mol. The van der Waals surface area contributed by atoms with Gasteiger partial charge < -0.3 is 0 Å². The Morgan fingerprint density at radius 2 is 1.78 bits per heavy atom. The predicted molar refractivity (Wildman–Crippen MR) is 76.1 cm³/mol. The van der Waals surface area contributed by atoms with Gasteiger partial charge in [-0.25, -0.2) is 4.39 Å². The molecule has 0 amide bonds. The summed E-state index contributed by atoms with van der Waals surface area (Å²) >= 11 is 0. The molecule has 2 heteroatoms. The van der Waals surface area contributed by atoms with Crippen molar-refractivity contribution >= 4 is 12.7 Å². The fraction of sp³-hybridized carbons (Fsp3) is 0.250. The van der Waals surface area contributed by atoms with Gasteiger partial charge in [0.25, 0.3) is 0 Å². The lowest BCUT2D eigenvalue weighted by Crippen LogP contribution is -2.14. The zero-order valence-corrected chi connectivity index (χ0v) is 10.7. The number of rotatable bonds is 5. The van der Waals surface area contributed by atoms with Crippen LogP contribution in [0.2, 0.25) is 6.32 Å². The Morgan fingerprint density at radius 1 is 1.00 bits per heavy atom. The molecule has 0 aliphatic rings. The molecule has 0 N–H and O–H groups in total. The van der Waals surface area contributed by atoms with Gasteiger partial charge in [0.1, 0.15) is 5.82 Å². The van der Waals surface area contributed by atoms with Crippen LogP contribution in [0.3, 0.4) is 0 Å². The SMILES string of the molecule is CCc1cccc(CC[B]c2cccc(F)c2)c1. The number of hydrogen-bond donors (Lipinski definition) is 0. The highest BCUT2D eigenvalue weighted by Gasteiger charge is 1.99.